The SMILES string of the molecule is CCC(C(=O)O)N(CC)Cc1cc(Br)ccc1F. The maximum atomic E-state index is 13.6. The number of rotatable bonds is 6. The lowest BCUT2D eigenvalue weighted by atomic mass is 10.1. The summed E-state index contributed by atoms with van der Waals surface area (Å²) in [4.78, 5) is 12.9. The summed E-state index contributed by atoms with van der Waals surface area (Å²) in [6, 6.07) is 4.12. The Morgan fingerprint density at radius 3 is 2.67 bits per heavy atom. The molecule has 100 valence electrons. The van der Waals surface area contributed by atoms with Gasteiger partial charge >= 0.3 is 5.97 Å². The number of benzene rings is 1. The summed E-state index contributed by atoms with van der Waals surface area (Å²) in [5.74, 6) is -1.17. The number of likely N-dealkylation sites (N-methyl/N-ethyl adjacent to an activating group) is 1. The van der Waals surface area contributed by atoms with Gasteiger partial charge in [-0.15, -0.1) is 0 Å². The standard InChI is InChI=1S/C13H17BrFNO2/c1-3-12(13(17)18)16(4-2)8-9-7-10(14)5-6-11(9)15/h5-7,12H,3-4,8H2,1-2H3,(H,17,18). The van der Waals surface area contributed by atoms with Gasteiger partial charge < -0.3 is 5.11 Å². The van der Waals surface area contributed by atoms with E-state index < -0.39 is 12.0 Å². The summed E-state index contributed by atoms with van der Waals surface area (Å²) in [6.45, 7) is 4.56. The van der Waals surface area contributed by atoms with Crippen LogP contribution in [0, 0.1) is 5.82 Å². The lowest BCUT2D eigenvalue weighted by molar-refractivity contribution is -0.143. The number of carboxylic acid groups (broad SMARTS) is 1. The van der Waals surface area contributed by atoms with Gasteiger partial charge in [0.15, 0.2) is 0 Å². The molecule has 1 aromatic rings. The molecule has 1 aromatic carbocycles. The molecule has 18 heavy (non-hydrogen) atoms. The third-order valence-corrected chi connectivity index (χ3v) is 3.39. The number of hydrogen-bond acceptors (Lipinski definition) is 2. The van der Waals surface area contributed by atoms with Crippen LogP contribution in [0.25, 0.3) is 0 Å². The molecular weight excluding hydrogens is 301 g/mol. The lowest BCUT2D eigenvalue weighted by Gasteiger charge is -2.26. The second-order valence-corrected chi connectivity index (χ2v) is 4.98. The van der Waals surface area contributed by atoms with Crippen molar-refractivity contribution in [1.82, 2.24) is 4.90 Å². The Balaban J connectivity index is 2.91. The first-order chi connectivity index (χ1) is 8.49. The fraction of sp³-hybridized carbons (Fsp3) is 0.462. The van der Waals surface area contributed by atoms with Gasteiger partial charge in [0.25, 0.3) is 0 Å². The molecule has 0 radical (unpaired) electrons. The Morgan fingerprint density at radius 2 is 2.17 bits per heavy atom. The number of nitrogens with zero attached hydrogens (tertiary/aromatic N) is 1. The molecule has 0 aliphatic rings. The normalized spacial score (nSPS) is 12.7. The predicted octanol–water partition coefficient (Wildman–Crippen LogP) is 3.27. The fourth-order valence-electron chi connectivity index (χ4n) is 1.91. The van der Waals surface area contributed by atoms with Crippen molar-refractivity contribution < 1.29 is 14.3 Å². The van der Waals surface area contributed by atoms with Crippen LogP contribution >= 0.6 is 15.9 Å². The van der Waals surface area contributed by atoms with E-state index in [1.54, 1.807) is 17.0 Å². The molecule has 0 aliphatic heterocycles. The third-order valence-electron chi connectivity index (χ3n) is 2.90. The van der Waals surface area contributed by atoms with Crippen molar-refractivity contribution in [3.8, 4) is 0 Å². The van der Waals surface area contributed by atoms with Crippen molar-refractivity contribution in [3.63, 3.8) is 0 Å². The lowest BCUT2D eigenvalue weighted by Crippen LogP contribution is -2.40. The molecule has 0 fully saturated rings. The van der Waals surface area contributed by atoms with Crippen molar-refractivity contribution in [2.45, 2.75) is 32.9 Å². The third kappa shape index (κ3) is 3.78. The monoisotopic (exact) mass is 317 g/mol. The van der Waals surface area contributed by atoms with Crippen LogP contribution in [0.1, 0.15) is 25.8 Å². The van der Waals surface area contributed by atoms with E-state index in [9.17, 15) is 9.18 Å². The summed E-state index contributed by atoms with van der Waals surface area (Å²) in [5, 5.41) is 9.13. The van der Waals surface area contributed by atoms with E-state index in [0.29, 0.717) is 25.1 Å². The molecular formula is C13H17BrFNO2. The minimum absolute atomic E-state index is 0.298. The molecule has 0 spiro atoms. The smallest absolute Gasteiger partial charge is 0.320 e. The van der Waals surface area contributed by atoms with Crippen LogP contribution < -0.4 is 0 Å². The Kier molecular flexibility index (Phi) is 5.75. The molecule has 5 heteroatoms. The number of carboxylic acids is 1. The molecule has 1 unspecified atom stereocenters. The molecule has 0 amide bonds. The molecule has 3 nitrogen and oxygen atoms in total. The van der Waals surface area contributed by atoms with E-state index >= 15 is 0 Å². The summed E-state index contributed by atoms with van der Waals surface area (Å²) in [5.41, 5.74) is 0.505. The Labute approximate surface area is 115 Å². The van der Waals surface area contributed by atoms with Crippen molar-refractivity contribution >= 4 is 21.9 Å². The molecule has 1 atom stereocenters. The van der Waals surface area contributed by atoms with Crippen molar-refractivity contribution in [2.24, 2.45) is 0 Å². The van der Waals surface area contributed by atoms with Crippen molar-refractivity contribution in [3.05, 3.63) is 34.1 Å². The minimum Gasteiger partial charge on any atom is -0.480 e. The zero-order chi connectivity index (χ0) is 13.7. The van der Waals surface area contributed by atoms with E-state index in [0.717, 1.165) is 4.47 Å². The highest BCUT2D eigenvalue weighted by Gasteiger charge is 2.23. The molecule has 0 aliphatic carbocycles. The number of carbonyl (C=O) groups is 1. The Hall–Kier alpha value is -0.940. The summed E-state index contributed by atoms with van der Waals surface area (Å²) in [7, 11) is 0. The van der Waals surface area contributed by atoms with Gasteiger partial charge in [0.2, 0.25) is 0 Å². The Morgan fingerprint density at radius 1 is 1.50 bits per heavy atom. The van der Waals surface area contributed by atoms with Crippen LogP contribution in [-0.2, 0) is 11.3 Å². The molecule has 0 saturated heterocycles. The highest BCUT2D eigenvalue weighted by molar-refractivity contribution is 9.10. The zero-order valence-electron chi connectivity index (χ0n) is 10.5. The van der Waals surface area contributed by atoms with Crippen LogP contribution in [0.5, 0.6) is 0 Å². The maximum absolute atomic E-state index is 13.6. The van der Waals surface area contributed by atoms with E-state index in [4.69, 9.17) is 5.11 Å². The molecule has 0 saturated carbocycles. The highest BCUT2D eigenvalue weighted by Crippen LogP contribution is 2.19. The molecule has 0 aromatic heterocycles. The van der Waals surface area contributed by atoms with Crippen molar-refractivity contribution in [2.75, 3.05) is 6.54 Å². The molecule has 1 rings (SSSR count). The first kappa shape index (κ1) is 15.1. The van der Waals surface area contributed by atoms with E-state index in [1.807, 2.05) is 13.8 Å². The second-order valence-electron chi connectivity index (χ2n) is 4.06. The quantitative estimate of drug-likeness (QED) is 0.875. The van der Waals surface area contributed by atoms with Gasteiger partial charge in [0, 0.05) is 16.6 Å². The maximum Gasteiger partial charge on any atom is 0.320 e. The second kappa shape index (κ2) is 6.85. The highest BCUT2D eigenvalue weighted by atomic mass is 79.9. The van der Waals surface area contributed by atoms with Crippen LogP contribution in [0.15, 0.2) is 22.7 Å². The van der Waals surface area contributed by atoms with Gasteiger partial charge in [-0.25, -0.2) is 4.39 Å². The largest absolute Gasteiger partial charge is 0.480 e. The average Bonchev–Trinajstić information content (AvgIpc) is 2.32. The van der Waals surface area contributed by atoms with Gasteiger partial charge in [-0.3, -0.25) is 9.69 Å². The van der Waals surface area contributed by atoms with Crippen LogP contribution in [0.4, 0.5) is 4.39 Å². The first-order valence-corrected chi connectivity index (χ1v) is 6.69. The molecule has 1 N–H and O–H groups in total. The van der Waals surface area contributed by atoms with E-state index in [1.165, 1.54) is 6.07 Å². The summed E-state index contributed by atoms with van der Waals surface area (Å²) in [6.07, 6.45) is 0.499. The predicted molar refractivity (Wildman–Crippen MR) is 71.9 cm³/mol. The van der Waals surface area contributed by atoms with Gasteiger partial charge in [-0.1, -0.05) is 29.8 Å². The number of halogens is 2. The zero-order valence-corrected chi connectivity index (χ0v) is 12.1. The van der Waals surface area contributed by atoms with Gasteiger partial charge in [0.05, 0.1) is 0 Å². The van der Waals surface area contributed by atoms with Crippen LogP contribution in [0.2, 0.25) is 0 Å². The molecule has 0 bridgehead atoms. The van der Waals surface area contributed by atoms with E-state index in [2.05, 4.69) is 15.9 Å². The number of hydrogen-bond donors (Lipinski definition) is 1. The first-order valence-electron chi connectivity index (χ1n) is 5.90. The average molecular weight is 318 g/mol. The summed E-state index contributed by atoms with van der Waals surface area (Å²) < 4.78 is 14.4. The van der Waals surface area contributed by atoms with Gasteiger partial charge in [0.1, 0.15) is 11.9 Å². The Bertz CT molecular complexity index is 425. The van der Waals surface area contributed by atoms with E-state index in [-0.39, 0.29) is 5.82 Å². The van der Waals surface area contributed by atoms with Crippen molar-refractivity contribution in [1.29, 1.82) is 0 Å². The van der Waals surface area contributed by atoms with Crippen LogP contribution in [0.3, 0.4) is 0 Å². The van der Waals surface area contributed by atoms with Gasteiger partial charge in [-0.2, -0.15) is 0 Å². The van der Waals surface area contributed by atoms with Gasteiger partial charge in [-0.05, 0) is 31.2 Å². The number of aliphatic carboxylic acids is 1. The molecule has 0 heterocycles. The summed E-state index contributed by atoms with van der Waals surface area (Å²) >= 11 is 3.29. The van der Waals surface area contributed by atoms with Crippen LogP contribution in [-0.4, -0.2) is 28.6 Å². The fourth-order valence-corrected chi connectivity index (χ4v) is 2.32. The minimum atomic E-state index is -0.866. The topological polar surface area (TPSA) is 40.5 Å².